The van der Waals surface area contributed by atoms with Gasteiger partial charge in [0.15, 0.2) is 0 Å². The lowest BCUT2D eigenvalue weighted by molar-refractivity contribution is 0.138. The molecule has 1 aliphatic carbocycles. The van der Waals surface area contributed by atoms with E-state index in [1.54, 1.807) is 0 Å². The predicted octanol–water partition coefficient (Wildman–Crippen LogP) is 3.53. The maximum absolute atomic E-state index is 12.1. The summed E-state index contributed by atoms with van der Waals surface area (Å²) in [5, 5.41) is 0. The van der Waals surface area contributed by atoms with Crippen LogP contribution in [0.5, 0.6) is 0 Å². The van der Waals surface area contributed by atoms with E-state index in [0.717, 1.165) is 24.8 Å². The molecular formula is C16H19NO2. The highest BCUT2D eigenvalue weighted by atomic mass is 16.6. The number of cyclic esters (lactones) is 1. The lowest BCUT2D eigenvalue weighted by Gasteiger charge is -2.31. The van der Waals surface area contributed by atoms with Gasteiger partial charge in [-0.1, -0.05) is 42.8 Å². The summed E-state index contributed by atoms with van der Waals surface area (Å²) in [4.78, 5) is 14.0. The number of nitrogens with zero attached hydrogens (tertiary/aromatic N) is 1. The van der Waals surface area contributed by atoms with Crippen molar-refractivity contribution in [2.45, 2.75) is 31.3 Å². The van der Waals surface area contributed by atoms with Crippen molar-refractivity contribution in [1.82, 2.24) is 4.90 Å². The van der Waals surface area contributed by atoms with Crippen LogP contribution in [0.3, 0.4) is 0 Å². The second-order valence-electron chi connectivity index (χ2n) is 5.31. The van der Waals surface area contributed by atoms with E-state index in [2.05, 4.69) is 18.7 Å². The largest absolute Gasteiger partial charge is 0.447 e. The molecule has 1 aromatic rings. The van der Waals surface area contributed by atoms with Crippen LogP contribution in [0.25, 0.3) is 0 Å². The zero-order valence-corrected chi connectivity index (χ0v) is 11.0. The van der Waals surface area contributed by atoms with Crippen LogP contribution in [-0.2, 0) is 4.74 Å². The van der Waals surface area contributed by atoms with Crippen molar-refractivity contribution >= 4 is 6.09 Å². The number of benzene rings is 1. The normalized spacial score (nSPS) is 30.4. The summed E-state index contributed by atoms with van der Waals surface area (Å²) in [6.07, 6.45) is 5.15. The van der Waals surface area contributed by atoms with E-state index in [9.17, 15) is 4.79 Å². The molecule has 0 bridgehead atoms. The first-order valence-corrected chi connectivity index (χ1v) is 6.94. The summed E-state index contributed by atoms with van der Waals surface area (Å²) >= 11 is 0. The lowest BCUT2D eigenvalue weighted by Crippen LogP contribution is -2.39. The number of carbonyl (C=O) groups excluding carboxylic acids is 1. The second-order valence-corrected chi connectivity index (χ2v) is 5.31. The van der Waals surface area contributed by atoms with Gasteiger partial charge in [0.25, 0.3) is 0 Å². The zero-order valence-electron chi connectivity index (χ0n) is 11.0. The summed E-state index contributed by atoms with van der Waals surface area (Å²) in [5.74, 6) is 0.400. The first kappa shape index (κ1) is 12.3. The van der Waals surface area contributed by atoms with Crippen LogP contribution in [0.1, 0.15) is 30.9 Å². The van der Waals surface area contributed by atoms with Crippen molar-refractivity contribution < 1.29 is 9.53 Å². The first-order valence-electron chi connectivity index (χ1n) is 6.94. The third-order valence-corrected chi connectivity index (χ3v) is 4.29. The number of rotatable bonds is 3. The van der Waals surface area contributed by atoms with Crippen molar-refractivity contribution in [3.05, 3.63) is 48.6 Å². The summed E-state index contributed by atoms with van der Waals surface area (Å²) in [7, 11) is 0. The average Bonchev–Trinajstić information content (AvgIpc) is 3.05. The van der Waals surface area contributed by atoms with E-state index in [4.69, 9.17) is 4.74 Å². The zero-order chi connectivity index (χ0) is 13.2. The van der Waals surface area contributed by atoms with Gasteiger partial charge >= 0.3 is 6.09 Å². The van der Waals surface area contributed by atoms with Crippen molar-refractivity contribution in [2.75, 3.05) is 6.61 Å². The third-order valence-electron chi connectivity index (χ3n) is 4.29. The fourth-order valence-corrected chi connectivity index (χ4v) is 3.32. The third kappa shape index (κ3) is 2.14. The molecule has 1 saturated heterocycles. The molecule has 1 saturated carbocycles. The molecule has 100 valence electrons. The second kappa shape index (κ2) is 5.08. The molecule has 1 heterocycles. The Hall–Kier alpha value is -1.77. The van der Waals surface area contributed by atoms with Crippen LogP contribution in [0.4, 0.5) is 4.79 Å². The van der Waals surface area contributed by atoms with E-state index in [0.29, 0.717) is 12.5 Å². The quantitative estimate of drug-likeness (QED) is 0.775. The van der Waals surface area contributed by atoms with Gasteiger partial charge < -0.3 is 4.74 Å². The van der Waals surface area contributed by atoms with Gasteiger partial charge in [0.1, 0.15) is 6.61 Å². The molecule has 3 nitrogen and oxygen atoms in total. The Morgan fingerprint density at radius 3 is 2.79 bits per heavy atom. The number of amides is 1. The molecule has 2 fully saturated rings. The molecule has 3 atom stereocenters. The minimum Gasteiger partial charge on any atom is -0.447 e. The van der Waals surface area contributed by atoms with E-state index in [1.807, 2.05) is 29.2 Å². The molecule has 0 aromatic heterocycles. The Kier molecular flexibility index (Phi) is 3.28. The molecule has 2 aliphatic rings. The summed E-state index contributed by atoms with van der Waals surface area (Å²) in [6.45, 7) is 4.37. The van der Waals surface area contributed by atoms with E-state index >= 15 is 0 Å². The molecule has 1 aromatic carbocycles. The Morgan fingerprint density at radius 2 is 2.05 bits per heavy atom. The van der Waals surface area contributed by atoms with Crippen LogP contribution in [0, 0.1) is 5.92 Å². The molecule has 1 aliphatic heterocycles. The molecule has 0 spiro atoms. The van der Waals surface area contributed by atoms with Gasteiger partial charge in [-0.25, -0.2) is 4.79 Å². The molecule has 0 radical (unpaired) electrons. The van der Waals surface area contributed by atoms with Crippen LogP contribution in [-0.4, -0.2) is 23.6 Å². The van der Waals surface area contributed by atoms with Gasteiger partial charge in [-0.3, -0.25) is 4.90 Å². The van der Waals surface area contributed by atoms with Gasteiger partial charge in [-0.2, -0.15) is 0 Å². The van der Waals surface area contributed by atoms with Gasteiger partial charge in [0, 0.05) is 6.04 Å². The molecule has 3 rings (SSSR count). The highest BCUT2D eigenvalue weighted by molar-refractivity contribution is 5.71. The van der Waals surface area contributed by atoms with Gasteiger partial charge in [0.2, 0.25) is 0 Å². The van der Waals surface area contributed by atoms with E-state index < -0.39 is 0 Å². The number of hydrogen-bond acceptors (Lipinski definition) is 2. The Morgan fingerprint density at radius 1 is 1.26 bits per heavy atom. The van der Waals surface area contributed by atoms with Crippen LogP contribution >= 0.6 is 0 Å². The minimum atomic E-state index is -0.174. The monoisotopic (exact) mass is 257 g/mol. The van der Waals surface area contributed by atoms with E-state index in [-0.39, 0.29) is 18.2 Å². The Labute approximate surface area is 113 Å². The van der Waals surface area contributed by atoms with Crippen LogP contribution in [0.15, 0.2) is 43.0 Å². The van der Waals surface area contributed by atoms with Crippen LogP contribution < -0.4 is 0 Å². The Balaban J connectivity index is 1.89. The molecule has 0 unspecified atom stereocenters. The van der Waals surface area contributed by atoms with E-state index in [1.165, 1.54) is 0 Å². The van der Waals surface area contributed by atoms with Crippen molar-refractivity contribution in [3.8, 4) is 0 Å². The molecule has 19 heavy (non-hydrogen) atoms. The number of ether oxygens (including phenoxy) is 1. The summed E-state index contributed by atoms with van der Waals surface area (Å²) in [6, 6.07) is 10.5. The maximum atomic E-state index is 12.1. The van der Waals surface area contributed by atoms with Crippen molar-refractivity contribution in [3.63, 3.8) is 0 Å². The molecule has 0 N–H and O–H groups in total. The molecule has 3 heteroatoms. The summed E-state index contributed by atoms with van der Waals surface area (Å²) < 4.78 is 5.29. The average molecular weight is 257 g/mol. The van der Waals surface area contributed by atoms with Gasteiger partial charge in [0.05, 0.1) is 6.04 Å². The Bertz CT molecular complexity index is 471. The number of hydrogen-bond donors (Lipinski definition) is 0. The van der Waals surface area contributed by atoms with Crippen molar-refractivity contribution in [2.24, 2.45) is 5.92 Å². The standard InChI is InChI=1S/C16H19NO2/c1-2-12-9-6-10-14(12)17-15(11-19-16(17)18)13-7-4-3-5-8-13/h2-5,7-8,12,14-15H,1,6,9-11H2/t12-,14-,15+/m1/s1. The van der Waals surface area contributed by atoms with Crippen molar-refractivity contribution in [1.29, 1.82) is 0 Å². The fourth-order valence-electron chi connectivity index (χ4n) is 3.32. The highest BCUT2D eigenvalue weighted by Gasteiger charge is 2.42. The highest BCUT2D eigenvalue weighted by Crippen LogP contribution is 2.38. The topological polar surface area (TPSA) is 29.5 Å². The first-order chi connectivity index (χ1) is 9.31. The summed E-state index contributed by atoms with van der Waals surface area (Å²) in [5.41, 5.74) is 1.16. The maximum Gasteiger partial charge on any atom is 0.410 e. The number of carbonyl (C=O) groups is 1. The fraction of sp³-hybridized carbons (Fsp3) is 0.438. The smallest absolute Gasteiger partial charge is 0.410 e. The van der Waals surface area contributed by atoms with Gasteiger partial charge in [-0.15, -0.1) is 6.58 Å². The molecule has 1 amide bonds. The predicted molar refractivity (Wildman–Crippen MR) is 73.7 cm³/mol. The minimum absolute atomic E-state index is 0.0549. The molecular weight excluding hydrogens is 238 g/mol. The van der Waals surface area contributed by atoms with Crippen LogP contribution in [0.2, 0.25) is 0 Å². The lowest BCUT2D eigenvalue weighted by atomic mass is 9.99. The van der Waals surface area contributed by atoms with Gasteiger partial charge in [-0.05, 0) is 24.3 Å². The SMILES string of the molecule is C=C[C@@H]1CCC[C@H]1N1C(=O)OC[C@H]1c1ccccc1.